The van der Waals surface area contributed by atoms with Crippen molar-refractivity contribution in [1.29, 1.82) is 0 Å². The van der Waals surface area contributed by atoms with Crippen molar-refractivity contribution in [3.63, 3.8) is 0 Å². The Hall–Kier alpha value is -2.18. The molecule has 0 aliphatic heterocycles. The van der Waals surface area contributed by atoms with E-state index in [1.807, 2.05) is 18.5 Å². The summed E-state index contributed by atoms with van der Waals surface area (Å²) < 4.78 is 29.0. The predicted octanol–water partition coefficient (Wildman–Crippen LogP) is 2.53. The van der Waals surface area contributed by atoms with Gasteiger partial charge in [0.05, 0.1) is 6.54 Å². The lowest BCUT2D eigenvalue weighted by molar-refractivity contribution is 0.577. The number of hydrogen-bond donors (Lipinski definition) is 2. The SMILES string of the molecule is CCCNc1nc(NCc2nccn2C)c(F)cc1F. The van der Waals surface area contributed by atoms with Gasteiger partial charge < -0.3 is 15.2 Å². The Labute approximate surface area is 116 Å². The van der Waals surface area contributed by atoms with Gasteiger partial charge in [0.25, 0.3) is 0 Å². The second kappa shape index (κ2) is 6.31. The third-order valence-electron chi connectivity index (χ3n) is 2.81. The smallest absolute Gasteiger partial charge is 0.168 e. The maximum Gasteiger partial charge on any atom is 0.168 e. The minimum Gasteiger partial charge on any atom is -0.368 e. The zero-order valence-corrected chi connectivity index (χ0v) is 11.5. The first-order valence-electron chi connectivity index (χ1n) is 6.41. The maximum atomic E-state index is 13.7. The van der Waals surface area contributed by atoms with Crippen LogP contribution >= 0.6 is 0 Å². The van der Waals surface area contributed by atoms with Crippen LogP contribution in [0.2, 0.25) is 0 Å². The third-order valence-corrected chi connectivity index (χ3v) is 2.81. The van der Waals surface area contributed by atoms with E-state index in [-0.39, 0.29) is 11.6 Å². The highest BCUT2D eigenvalue weighted by atomic mass is 19.1. The normalized spacial score (nSPS) is 10.6. The lowest BCUT2D eigenvalue weighted by Crippen LogP contribution is -2.11. The van der Waals surface area contributed by atoms with Gasteiger partial charge in [-0.25, -0.2) is 18.7 Å². The van der Waals surface area contributed by atoms with Crippen molar-refractivity contribution < 1.29 is 8.78 Å². The molecule has 0 aliphatic rings. The van der Waals surface area contributed by atoms with Gasteiger partial charge in [-0.05, 0) is 6.42 Å². The van der Waals surface area contributed by atoms with E-state index in [2.05, 4.69) is 20.6 Å². The van der Waals surface area contributed by atoms with Crippen molar-refractivity contribution >= 4 is 11.6 Å². The summed E-state index contributed by atoms with van der Waals surface area (Å²) in [5, 5.41) is 5.65. The first-order valence-corrected chi connectivity index (χ1v) is 6.41. The molecule has 108 valence electrons. The number of nitrogens with one attached hydrogen (secondary N) is 2. The fourth-order valence-electron chi connectivity index (χ4n) is 1.69. The van der Waals surface area contributed by atoms with E-state index in [9.17, 15) is 8.78 Å². The van der Waals surface area contributed by atoms with E-state index < -0.39 is 11.6 Å². The molecule has 0 fully saturated rings. The second-order valence-corrected chi connectivity index (χ2v) is 4.38. The van der Waals surface area contributed by atoms with Crippen molar-refractivity contribution in [1.82, 2.24) is 14.5 Å². The minimum atomic E-state index is -0.723. The highest BCUT2D eigenvalue weighted by molar-refractivity contribution is 5.47. The summed E-state index contributed by atoms with van der Waals surface area (Å²) in [7, 11) is 1.84. The standard InChI is InChI=1S/C13H17F2N5/c1-3-4-17-12-9(14)7-10(15)13(19-12)18-8-11-16-5-6-20(11)2/h5-7H,3-4,8H2,1-2H3,(H2,17,18,19). The first kappa shape index (κ1) is 14.2. The Morgan fingerprint density at radius 2 is 1.90 bits per heavy atom. The molecule has 0 radical (unpaired) electrons. The topological polar surface area (TPSA) is 54.8 Å². The Morgan fingerprint density at radius 1 is 1.20 bits per heavy atom. The van der Waals surface area contributed by atoms with Crippen LogP contribution in [-0.4, -0.2) is 21.1 Å². The van der Waals surface area contributed by atoms with Crippen LogP contribution in [0.4, 0.5) is 20.4 Å². The lowest BCUT2D eigenvalue weighted by atomic mass is 10.3. The van der Waals surface area contributed by atoms with Gasteiger partial charge in [-0.1, -0.05) is 6.92 Å². The molecular formula is C13H17F2N5. The summed E-state index contributed by atoms with van der Waals surface area (Å²) in [5.41, 5.74) is 0. The predicted molar refractivity (Wildman–Crippen MR) is 73.5 cm³/mol. The van der Waals surface area contributed by atoms with Crippen LogP contribution in [0.25, 0.3) is 0 Å². The quantitative estimate of drug-likeness (QED) is 0.854. The Morgan fingerprint density at radius 3 is 2.50 bits per heavy atom. The molecule has 0 atom stereocenters. The van der Waals surface area contributed by atoms with Crippen LogP contribution in [0, 0.1) is 11.6 Å². The van der Waals surface area contributed by atoms with Gasteiger partial charge in [0.15, 0.2) is 23.3 Å². The number of hydrogen-bond acceptors (Lipinski definition) is 4. The number of nitrogens with zero attached hydrogens (tertiary/aromatic N) is 3. The van der Waals surface area contributed by atoms with Crippen LogP contribution in [0.5, 0.6) is 0 Å². The van der Waals surface area contributed by atoms with E-state index in [1.165, 1.54) is 0 Å². The molecular weight excluding hydrogens is 264 g/mol. The molecule has 0 unspecified atom stereocenters. The van der Waals surface area contributed by atoms with E-state index in [1.54, 1.807) is 12.4 Å². The highest BCUT2D eigenvalue weighted by Crippen LogP contribution is 2.19. The summed E-state index contributed by atoms with van der Waals surface area (Å²) in [6.45, 7) is 2.84. The minimum absolute atomic E-state index is 0.00741. The zero-order valence-electron chi connectivity index (χ0n) is 11.5. The average molecular weight is 281 g/mol. The fourth-order valence-corrected chi connectivity index (χ4v) is 1.69. The molecule has 2 N–H and O–H groups in total. The molecule has 2 rings (SSSR count). The molecule has 2 aromatic heterocycles. The van der Waals surface area contributed by atoms with Gasteiger partial charge in [-0.15, -0.1) is 0 Å². The number of anilines is 2. The number of halogens is 2. The van der Waals surface area contributed by atoms with E-state index in [4.69, 9.17) is 0 Å². The van der Waals surface area contributed by atoms with Crippen molar-refractivity contribution in [2.24, 2.45) is 7.05 Å². The van der Waals surface area contributed by atoms with Gasteiger partial charge >= 0.3 is 0 Å². The summed E-state index contributed by atoms with van der Waals surface area (Å²) in [6.07, 6.45) is 4.27. The van der Waals surface area contributed by atoms with Gasteiger partial charge in [-0.3, -0.25) is 0 Å². The average Bonchev–Trinajstić information content (AvgIpc) is 2.82. The molecule has 0 spiro atoms. The van der Waals surface area contributed by atoms with E-state index in [0.717, 1.165) is 18.3 Å². The summed E-state index contributed by atoms with van der Waals surface area (Å²) in [6, 6.07) is 0.825. The number of imidazole rings is 1. The van der Waals surface area contributed by atoms with Crippen LogP contribution in [0.3, 0.4) is 0 Å². The fraction of sp³-hybridized carbons (Fsp3) is 0.385. The molecule has 5 nitrogen and oxygen atoms in total. The molecule has 7 heteroatoms. The van der Waals surface area contributed by atoms with Gasteiger partial charge in [0.1, 0.15) is 5.82 Å². The van der Waals surface area contributed by atoms with Gasteiger partial charge in [0.2, 0.25) is 0 Å². The van der Waals surface area contributed by atoms with E-state index >= 15 is 0 Å². The molecule has 20 heavy (non-hydrogen) atoms. The largest absolute Gasteiger partial charge is 0.368 e. The molecule has 0 saturated carbocycles. The second-order valence-electron chi connectivity index (χ2n) is 4.38. The third kappa shape index (κ3) is 3.23. The molecule has 0 aliphatic carbocycles. The lowest BCUT2D eigenvalue weighted by Gasteiger charge is -2.10. The number of aryl methyl sites for hydroxylation is 1. The maximum absolute atomic E-state index is 13.7. The van der Waals surface area contributed by atoms with E-state index in [0.29, 0.717) is 13.1 Å². The van der Waals surface area contributed by atoms with Crippen molar-refractivity contribution in [2.75, 3.05) is 17.2 Å². The van der Waals surface area contributed by atoms with Crippen LogP contribution < -0.4 is 10.6 Å². The summed E-state index contributed by atoms with van der Waals surface area (Å²) in [5.74, 6) is -0.626. The van der Waals surface area contributed by atoms with Crippen molar-refractivity contribution in [3.8, 4) is 0 Å². The number of pyridine rings is 1. The monoisotopic (exact) mass is 281 g/mol. The molecule has 0 amide bonds. The van der Waals surface area contributed by atoms with Crippen LogP contribution in [-0.2, 0) is 13.6 Å². The Bertz CT molecular complexity index is 582. The number of rotatable bonds is 6. The van der Waals surface area contributed by atoms with Gasteiger partial charge in [-0.2, -0.15) is 0 Å². The molecule has 0 bridgehead atoms. The summed E-state index contributed by atoms with van der Waals surface area (Å²) >= 11 is 0. The molecule has 0 aromatic carbocycles. The van der Waals surface area contributed by atoms with Gasteiger partial charge in [0, 0.05) is 32.1 Å². The number of aromatic nitrogens is 3. The first-order chi connectivity index (χ1) is 9.61. The Kier molecular flexibility index (Phi) is 4.49. The van der Waals surface area contributed by atoms with Crippen molar-refractivity contribution in [3.05, 3.63) is 35.9 Å². The Balaban J connectivity index is 2.12. The van der Waals surface area contributed by atoms with Crippen LogP contribution in [0.15, 0.2) is 18.5 Å². The highest BCUT2D eigenvalue weighted by Gasteiger charge is 2.12. The molecule has 0 saturated heterocycles. The zero-order chi connectivity index (χ0) is 14.5. The van der Waals surface area contributed by atoms with Crippen molar-refractivity contribution in [2.45, 2.75) is 19.9 Å². The van der Waals surface area contributed by atoms with Crippen LogP contribution in [0.1, 0.15) is 19.2 Å². The molecule has 2 aromatic rings. The molecule has 2 heterocycles. The summed E-state index contributed by atoms with van der Waals surface area (Å²) in [4.78, 5) is 8.04.